The number of aliphatic hydroxyl groups is 1. The quantitative estimate of drug-likeness (QED) is 0.842. The summed E-state index contributed by atoms with van der Waals surface area (Å²) in [5.74, 6) is 1.49. The van der Waals surface area contributed by atoms with Crippen LogP contribution >= 0.6 is 23.5 Å². The van der Waals surface area contributed by atoms with E-state index < -0.39 is 0 Å². The lowest BCUT2D eigenvalue weighted by atomic mass is 9.78. The molecule has 0 aromatic heterocycles. The molecular weight excluding hydrogens is 304 g/mol. The van der Waals surface area contributed by atoms with Gasteiger partial charge in [-0.05, 0) is 31.6 Å². The van der Waals surface area contributed by atoms with Crippen molar-refractivity contribution in [3.05, 3.63) is 0 Å². The van der Waals surface area contributed by atoms with Crippen molar-refractivity contribution in [3.63, 3.8) is 0 Å². The lowest BCUT2D eigenvalue weighted by Crippen LogP contribution is -2.49. The number of rotatable bonds is 2. The molecule has 3 heterocycles. The van der Waals surface area contributed by atoms with Crippen LogP contribution in [0.3, 0.4) is 0 Å². The molecule has 3 rings (SSSR count). The van der Waals surface area contributed by atoms with Crippen molar-refractivity contribution < 1.29 is 14.6 Å². The Hall–Kier alpha value is 0.580. The summed E-state index contributed by atoms with van der Waals surface area (Å²) in [5.41, 5.74) is -0.00642. The molecule has 0 saturated carbocycles. The summed E-state index contributed by atoms with van der Waals surface area (Å²) < 4.78 is 11.6. The second-order valence-electron chi connectivity index (χ2n) is 6.81. The third kappa shape index (κ3) is 3.74. The maximum absolute atomic E-state index is 10.9. The highest BCUT2D eigenvalue weighted by Gasteiger charge is 2.43. The third-order valence-corrected chi connectivity index (χ3v) is 8.87. The van der Waals surface area contributed by atoms with Crippen molar-refractivity contribution in [3.8, 4) is 0 Å². The first-order chi connectivity index (χ1) is 10.1. The summed E-state index contributed by atoms with van der Waals surface area (Å²) in [6, 6.07) is 0. The Bertz CT molecular complexity index is 341. The van der Waals surface area contributed by atoms with Gasteiger partial charge in [0.1, 0.15) is 0 Å². The summed E-state index contributed by atoms with van der Waals surface area (Å²) in [4.78, 5) is 0. The Morgan fingerprint density at radius 3 is 2.62 bits per heavy atom. The normalized spacial score (nSPS) is 41.9. The fraction of sp³-hybridized carbons (Fsp3) is 1.00. The van der Waals surface area contributed by atoms with Crippen molar-refractivity contribution in [1.82, 2.24) is 0 Å². The van der Waals surface area contributed by atoms with Gasteiger partial charge in [0.15, 0.2) is 0 Å². The predicted molar refractivity (Wildman–Crippen MR) is 90.2 cm³/mol. The minimum absolute atomic E-state index is 0.00642. The van der Waals surface area contributed by atoms with Gasteiger partial charge in [-0.25, -0.2) is 0 Å². The van der Waals surface area contributed by atoms with E-state index in [4.69, 9.17) is 9.47 Å². The molecule has 5 heteroatoms. The molecule has 3 saturated heterocycles. The fourth-order valence-electron chi connectivity index (χ4n) is 3.74. The van der Waals surface area contributed by atoms with Crippen LogP contribution in [-0.4, -0.2) is 58.1 Å². The highest BCUT2D eigenvalue weighted by molar-refractivity contribution is 8.07. The molecule has 0 bridgehead atoms. The number of hydrogen-bond donors (Lipinski definition) is 1. The van der Waals surface area contributed by atoms with Crippen LogP contribution in [0.15, 0.2) is 0 Å². The molecule has 0 aliphatic carbocycles. The van der Waals surface area contributed by atoms with Crippen molar-refractivity contribution in [2.24, 2.45) is 5.92 Å². The number of hydrogen-bond acceptors (Lipinski definition) is 5. The molecule has 5 unspecified atom stereocenters. The standard InChI is InChI=1S/C16H28O3S2/c1-11-12(2)21-14(10-20-11)15(17)13-3-6-19-16(9-13)4-7-18-8-5-16/h11-15,17H,3-10H2,1-2H3. The van der Waals surface area contributed by atoms with Crippen LogP contribution in [0, 0.1) is 5.92 Å². The van der Waals surface area contributed by atoms with Crippen molar-refractivity contribution in [2.75, 3.05) is 25.6 Å². The summed E-state index contributed by atoms with van der Waals surface area (Å²) in [6.07, 6.45) is 3.84. The van der Waals surface area contributed by atoms with Crippen molar-refractivity contribution in [2.45, 2.75) is 67.0 Å². The molecule has 122 valence electrons. The monoisotopic (exact) mass is 332 g/mol. The first-order valence-electron chi connectivity index (χ1n) is 8.26. The van der Waals surface area contributed by atoms with E-state index in [9.17, 15) is 5.11 Å². The van der Waals surface area contributed by atoms with Crippen LogP contribution in [0.5, 0.6) is 0 Å². The molecule has 3 aliphatic rings. The molecule has 1 spiro atoms. The predicted octanol–water partition coefficient (Wildman–Crippen LogP) is 2.95. The molecule has 3 nitrogen and oxygen atoms in total. The zero-order valence-electron chi connectivity index (χ0n) is 13.1. The Morgan fingerprint density at radius 1 is 1.14 bits per heavy atom. The Morgan fingerprint density at radius 2 is 1.90 bits per heavy atom. The summed E-state index contributed by atoms with van der Waals surface area (Å²) in [5, 5.41) is 12.6. The van der Waals surface area contributed by atoms with E-state index in [1.165, 1.54) is 0 Å². The van der Waals surface area contributed by atoms with Gasteiger partial charge in [0.05, 0.1) is 11.7 Å². The van der Waals surface area contributed by atoms with E-state index in [1.54, 1.807) is 0 Å². The summed E-state index contributed by atoms with van der Waals surface area (Å²) >= 11 is 4.02. The highest BCUT2D eigenvalue weighted by Crippen LogP contribution is 2.43. The SMILES string of the molecule is CC1SCC(C(O)C2CCOC3(CCOCC3)C2)SC1C. The first kappa shape index (κ1) is 16.4. The number of aliphatic hydroxyl groups excluding tert-OH is 1. The molecule has 5 atom stereocenters. The van der Waals surface area contributed by atoms with Crippen LogP contribution in [0.25, 0.3) is 0 Å². The van der Waals surface area contributed by atoms with E-state index in [0.29, 0.717) is 21.7 Å². The van der Waals surface area contributed by atoms with Gasteiger partial charge < -0.3 is 14.6 Å². The largest absolute Gasteiger partial charge is 0.392 e. The van der Waals surface area contributed by atoms with E-state index in [2.05, 4.69) is 13.8 Å². The Kier molecular flexibility index (Phi) is 5.48. The Labute approximate surface area is 136 Å². The van der Waals surface area contributed by atoms with Gasteiger partial charge in [-0.15, -0.1) is 0 Å². The molecule has 21 heavy (non-hydrogen) atoms. The van der Waals surface area contributed by atoms with Gasteiger partial charge >= 0.3 is 0 Å². The average molecular weight is 333 g/mol. The maximum Gasteiger partial charge on any atom is 0.0730 e. The van der Waals surface area contributed by atoms with Crippen LogP contribution in [0.1, 0.15) is 39.5 Å². The second kappa shape index (κ2) is 7.00. The molecule has 0 radical (unpaired) electrons. The molecular formula is C16H28O3S2. The smallest absolute Gasteiger partial charge is 0.0730 e. The molecule has 0 aromatic carbocycles. The topological polar surface area (TPSA) is 38.7 Å². The lowest BCUT2D eigenvalue weighted by Gasteiger charge is -2.46. The zero-order valence-corrected chi connectivity index (χ0v) is 14.8. The van der Waals surface area contributed by atoms with Gasteiger partial charge in [0.2, 0.25) is 0 Å². The highest BCUT2D eigenvalue weighted by atomic mass is 32.2. The van der Waals surface area contributed by atoms with Crippen LogP contribution < -0.4 is 0 Å². The van der Waals surface area contributed by atoms with E-state index in [0.717, 1.165) is 51.3 Å². The van der Waals surface area contributed by atoms with Crippen molar-refractivity contribution >= 4 is 23.5 Å². The summed E-state index contributed by atoms with van der Waals surface area (Å²) in [6.45, 7) is 7.02. The second-order valence-corrected chi connectivity index (χ2v) is 9.84. The number of thioether (sulfide) groups is 2. The molecule has 0 aromatic rings. The minimum atomic E-state index is -0.180. The summed E-state index contributed by atoms with van der Waals surface area (Å²) in [7, 11) is 0. The first-order valence-corrected chi connectivity index (χ1v) is 10.3. The lowest BCUT2D eigenvalue weighted by molar-refractivity contribution is -0.158. The molecule has 3 aliphatic heterocycles. The third-order valence-electron chi connectivity index (χ3n) is 5.37. The van der Waals surface area contributed by atoms with Crippen LogP contribution in [-0.2, 0) is 9.47 Å². The fourth-order valence-corrected chi connectivity index (χ4v) is 6.83. The minimum Gasteiger partial charge on any atom is -0.392 e. The van der Waals surface area contributed by atoms with E-state index in [-0.39, 0.29) is 11.7 Å². The van der Waals surface area contributed by atoms with Gasteiger partial charge in [0.25, 0.3) is 0 Å². The van der Waals surface area contributed by atoms with Gasteiger partial charge in [0, 0.05) is 41.3 Å². The Balaban J connectivity index is 1.60. The van der Waals surface area contributed by atoms with Gasteiger partial charge in [-0.2, -0.15) is 23.5 Å². The van der Waals surface area contributed by atoms with Crippen LogP contribution in [0.4, 0.5) is 0 Å². The van der Waals surface area contributed by atoms with E-state index >= 15 is 0 Å². The van der Waals surface area contributed by atoms with E-state index in [1.807, 2.05) is 23.5 Å². The average Bonchev–Trinajstić information content (AvgIpc) is 2.50. The maximum atomic E-state index is 10.9. The van der Waals surface area contributed by atoms with Gasteiger partial charge in [-0.1, -0.05) is 13.8 Å². The molecule has 1 N–H and O–H groups in total. The van der Waals surface area contributed by atoms with Crippen LogP contribution in [0.2, 0.25) is 0 Å². The van der Waals surface area contributed by atoms with Gasteiger partial charge in [-0.3, -0.25) is 0 Å². The molecule has 0 amide bonds. The van der Waals surface area contributed by atoms with Crippen molar-refractivity contribution in [1.29, 1.82) is 0 Å². The zero-order chi connectivity index (χ0) is 14.9. The molecule has 3 fully saturated rings. The number of ether oxygens (including phenoxy) is 2.